The van der Waals surface area contributed by atoms with Crippen LogP contribution in [0.1, 0.15) is 25.0 Å². The maximum absolute atomic E-state index is 5.56. The Morgan fingerprint density at radius 1 is 1.44 bits per heavy atom. The van der Waals surface area contributed by atoms with Crippen LogP contribution in [-0.4, -0.2) is 11.5 Å². The Morgan fingerprint density at radius 3 is 2.88 bits per heavy atom. The second-order valence-corrected chi connectivity index (χ2v) is 6.37. The Balaban J connectivity index is 2.19. The largest absolute Gasteiger partial charge is 0.330 e. The van der Waals surface area contributed by atoms with Gasteiger partial charge in [-0.2, -0.15) is 0 Å². The lowest BCUT2D eigenvalue weighted by Crippen LogP contribution is -2.04. The number of thiophene rings is 1. The molecule has 0 bridgehead atoms. The highest BCUT2D eigenvalue weighted by atomic mass is 79.9. The van der Waals surface area contributed by atoms with Gasteiger partial charge in [0, 0.05) is 21.2 Å². The van der Waals surface area contributed by atoms with E-state index < -0.39 is 0 Å². The fourth-order valence-electron chi connectivity index (χ4n) is 1.45. The van der Waals surface area contributed by atoms with Gasteiger partial charge in [0.2, 0.25) is 0 Å². The van der Waals surface area contributed by atoms with Crippen LogP contribution in [-0.2, 0) is 0 Å². The van der Waals surface area contributed by atoms with Crippen molar-refractivity contribution in [2.45, 2.75) is 19.3 Å². The van der Waals surface area contributed by atoms with Crippen LogP contribution in [0.25, 0.3) is 9.88 Å². The zero-order chi connectivity index (χ0) is 11.5. The Bertz CT molecular complexity index is 464. The van der Waals surface area contributed by atoms with Gasteiger partial charge in [0.15, 0.2) is 0 Å². The number of nitrogens with zero attached hydrogens (tertiary/aromatic N) is 1. The van der Waals surface area contributed by atoms with E-state index in [1.807, 2.05) is 0 Å². The lowest BCUT2D eigenvalue weighted by atomic mass is 10.1. The van der Waals surface area contributed by atoms with Gasteiger partial charge in [-0.25, -0.2) is 4.98 Å². The molecule has 2 rings (SSSR count). The van der Waals surface area contributed by atoms with Crippen LogP contribution in [0.4, 0.5) is 0 Å². The third-order valence-electron chi connectivity index (χ3n) is 2.40. The van der Waals surface area contributed by atoms with Gasteiger partial charge in [0.1, 0.15) is 5.01 Å². The van der Waals surface area contributed by atoms with Gasteiger partial charge in [-0.1, -0.05) is 6.92 Å². The van der Waals surface area contributed by atoms with Crippen molar-refractivity contribution in [1.82, 2.24) is 4.98 Å². The van der Waals surface area contributed by atoms with E-state index in [-0.39, 0.29) is 0 Å². The Labute approximate surface area is 112 Å². The molecule has 2 aromatic heterocycles. The van der Waals surface area contributed by atoms with Crippen LogP contribution in [0.3, 0.4) is 0 Å². The van der Waals surface area contributed by atoms with Crippen molar-refractivity contribution in [2.24, 2.45) is 5.73 Å². The molecule has 0 aromatic carbocycles. The summed E-state index contributed by atoms with van der Waals surface area (Å²) in [7, 11) is 0. The van der Waals surface area contributed by atoms with E-state index in [1.165, 1.54) is 4.88 Å². The molecule has 16 heavy (non-hydrogen) atoms. The Morgan fingerprint density at radius 2 is 2.25 bits per heavy atom. The number of halogens is 1. The van der Waals surface area contributed by atoms with Crippen molar-refractivity contribution in [2.75, 3.05) is 6.54 Å². The Kier molecular flexibility index (Phi) is 4.13. The molecule has 0 aliphatic carbocycles. The van der Waals surface area contributed by atoms with E-state index in [4.69, 9.17) is 5.73 Å². The smallest absolute Gasteiger partial charge is 0.133 e. The van der Waals surface area contributed by atoms with Gasteiger partial charge in [-0.15, -0.1) is 22.7 Å². The van der Waals surface area contributed by atoms with Crippen LogP contribution < -0.4 is 5.73 Å². The molecule has 5 heteroatoms. The maximum atomic E-state index is 5.56. The van der Waals surface area contributed by atoms with Gasteiger partial charge in [0.05, 0.1) is 10.6 Å². The van der Waals surface area contributed by atoms with Crippen molar-refractivity contribution in [3.63, 3.8) is 0 Å². The third kappa shape index (κ3) is 2.71. The lowest BCUT2D eigenvalue weighted by Gasteiger charge is -2.04. The van der Waals surface area contributed by atoms with E-state index in [0.29, 0.717) is 5.92 Å². The monoisotopic (exact) mass is 316 g/mol. The predicted molar refractivity (Wildman–Crippen MR) is 75.2 cm³/mol. The first-order valence-corrected chi connectivity index (χ1v) is 7.66. The number of aromatic nitrogens is 1. The summed E-state index contributed by atoms with van der Waals surface area (Å²) in [5.41, 5.74) is 6.72. The summed E-state index contributed by atoms with van der Waals surface area (Å²) in [6, 6.07) is 2.11. The first-order chi connectivity index (χ1) is 7.70. The summed E-state index contributed by atoms with van der Waals surface area (Å²) in [4.78, 5) is 5.89. The van der Waals surface area contributed by atoms with E-state index in [2.05, 4.69) is 44.7 Å². The topological polar surface area (TPSA) is 38.9 Å². The van der Waals surface area contributed by atoms with Crippen LogP contribution >= 0.6 is 38.6 Å². The Hall–Kier alpha value is -0.230. The first kappa shape index (κ1) is 12.2. The number of hydrogen-bond acceptors (Lipinski definition) is 4. The van der Waals surface area contributed by atoms with Gasteiger partial charge in [-0.3, -0.25) is 0 Å². The maximum Gasteiger partial charge on any atom is 0.133 e. The SMILES string of the molecule is CC(CCN)c1csc(-c2cc(Br)cs2)n1. The molecule has 2 aromatic rings. The average Bonchev–Trinajstić information content (AvgIpc) is 2.85. The second kappa shape index (κ2) is 5.40. The molecule has 1 atom stereocenters. The molecule has 2 heterocycles. The van der Waals surface area contributed by atoms with Gasteiger partial charge in [-0.05, 0) is 35.0 Å². The molecule has 0 aliphatic rings. The lowest BCUT2D eigenvalue weighted by molar-refractivity contribution is 0.675. The molecule has 0 spiro atoms. The van der Waals surface area contributed by atoms with Gasteiger partial charge in [0.25, 0.3) is 0 Å². The molecule has 0 saturated heterocycles. The molecular weight excluding hydrogens is 304 g/mol. The summed E-state index contributed by atoms with van der Waals surface area (Å²) in [5, 5.41) is 5.33. The molecule has 0 saturated carbocycles. The van der Waals surface area contributed by atoms with Crippen LogP contribution in [0.5, 0.6) is 0 Å². The van der Waals surface area contributed by atoms with Crippen molar-refractivity contribution in [1.29, 1.82) is 0 Å². The molecule has 0 fully saturated rings. The molecule has 0 amide bonds. The van der Waals surface area contributed by atoms with Crippen molar-refractivity contribution >= 4 is 38.6 Å². The van der Waals surface area contributed by atoms with E-state index in [1.54, 1.807) is 22.7 Å². The number of thiazole rings is 1. The molecule has 1 unspecified atom stereocenters. The summed E-state index contributed by atoms with van der Waals surface area (Å²) >= 11 is 6.89. The summed E-state index contributed by atoms with van der Waals surface area (Å²) in [6.45, 7) is 2.90. The molecule has 0 aliphatic heterocycles. The highest BCUT2D eigenvalue weighted by Crippen LogP contribution is 2.33. The van der Waals surface area contributed by atoms with Gasteiger partial charge < -0.3 is 5.73 Å². The molecular formula is C11H13BrN2S2. The van der Waals surface area contributed by atoms with Crippen molar-refractivity contribution in [3.8, 4) is 9.88 Å². The van der Waals surface area contributed by atoms with Crippen molar-refractivity contribution < 1.29 is 0 Å². The second-order valence-electron chi connectivity index (χ2n) is 3.69. The zero-order valence-electron chi connectivity index (χ0n) is 8.94. The highest BCUT2D eigenvalue weighted by Gasteiger charge is 2.11. The molecule has 2 N–H and O–H groups in total. The predicted octanol–water partition coefficient (Wildman–Crippen LogP) is 4.09. The number of hydrogen-bond donors (Lipinski definition) is 1. The molecule has 0 radical (unpaired) electrons. The van der Waals surface area contributed by atoms with Gasteiger partial charge >= 0.3 is 0 Å². The fraction of sp³-hybridized carbons (Fsp3) is 0.364. The minimum Gasteiger partial charge on any atom is -0.330 e. The molecule has 86 valence electrons. The van der Waals surface area contributed by atoms with E-state index in [9.17, 15) is 0 Å². The van der Waals surface area contributed by atoms with Crippen molar-refractivity contribution in [3.05, 3.63) is 27.0 Å². The minimum absolute atomic E-state index is 0.457. The summed E-state index contributed by atoms with van der Waals surface area (Å²) < 4.78 is 1.12. The third-order valence-corrected chi connectivity index (χ3v) is 5.13. The standard InChI is InChI=1S/C11H13BrN2S2/c1-7(2-3-13)9-6-16-11(14-9)10-4-8(12)5-15-10/h4-7H,2-3,13H2,1H3. The number of rotatable bonds is 4. The fourth-order valence-corrected chi connectivity index (χ4v) is 3.90. The summed E-state index contributed by atoms with van der Waals surface area (Å²) in [5.74, 6) is 0.457. The minimum atomic E-state index is 0.457. The quantitative estimate of drug-likeness (QED) is 0.922. The first-order valence-electron chi connectivity index (χ1n) is 5.10. The average molecular weight is 317 g/mol. The van der Waals surface area contributed by atoms with E-state index in [0.717, 1.165) is 28.1 Å². The van der Waals surface area contributed by atoms with Crippen LogP contribution in [0.15, 0.2) is 21.3 Å². The van der Waals surface area contributed by atoms with Crippen LogP contribution in [0, 0.1) is 0 Å². The summed E-state index contributed by atoms with van der Waals surface area (Å²) in [6.07, 6.45) is 0.997. The highest BCUT2D eigenvalue weighted by molar-refractivity contribution is 9.10. The van der Waals surface area contributed by atoms with E-state index >= 15 is 0 Å². The molecule has 2 nitrogen and oxygen atoms in total. The zero-order valence-corrected chi connectivity index (χ0v) is 12.2. The normalized spacial score (nSPS) is 12.9. The number of nitrogens with two attached hydrogens (primary N) is 1. The van der Waals surface area contributed by atoms with Crippen LogP contribution in [0.2, 0.25) is 0 Å².